The van der Waals surface area contributed by atoms with Crippen molar-refractivity contribution in [2.75, 3.05) is 0 Å². The summed E-state index contributed by atoms with van der Waals surface area (Å²) >= 11 is 0. The molecule has 0 N–H and O–H groups in total. The number of amides is 1. The zero-order valence-corrected chi connectivity index (χ0v) is 16.7. The van der Waals surface area contributed by atoms with Gasteiger partial charge in [-0.2, -0.15) is 0 Å². The lowest BCUT2D eigenvalue weighted by Crippen LogP contribution is -2.64. The van der Waals surface area contributed by atoms with Crippen LogP contribution in [0.1, 0.15) is 33.3 Å². The molecule has 1 aromatic rings. The third-order valence-electron chi connectivity index (χ3n) is 5.40. The van der Waals surface area contributed by atoms with Crippen LogP contribution in [0.2, 0.25) is 18.1 Å². The molecule has 0 bridgehead atoms. The number of benzene rings is 1. The first kappa shape index (κ1) is 18.8. The molecule has 0 unspecified atom stereocenters. The molecule has 1 fully saturated rings. The van der Waals surface area contributed by atoms with Gasteiger partial charge in [-0.1, -0.05) is 57.0 Å². The number of β-lactam (4-membered cyclic amide) rings is 1. The fraction of sp³-hybridized carbons (Fsp3) is 0.550. The van der Waals surface area contributed by atoms with Crippen LogP contribution in [0.25, 0.3) is 0 Å². The minimum Gasteiger partial charge on any atom is -0.413 e. The highest BCUT2D eigenvalue weighted by Crippen LogP contribution is 2.40. The summed E-state index contributed by atoms with van der Waals surface area (Å²) < 4.78 is 6.40. The molecule has 0 aromatic heterocycles. The number of likely N-dealkylation sites (tertiary alicyclic amines) is 1. The molecule has 0 aliphatic carbocycles. The van der Waals surface area contributed by atoms with Crippen LogP contribution in [0.4, 0.5) is 0 Å². The first-order valence-corrected chi connectivity index (χ1v) is 11.5. The molecule has 1 aromatic carbocycles. The normalized spacial score (nSPS) is 22.7. The minimum absolute atomic E-state index is 0.105. The van der Waals surface area contributed by atoms with Crippen molar-refractivity contribution >= 4 is 14.2 Å². The van der Waals surface area contributed by atoms with Gasteiger partial charge in [0, 0.05) is 6.54 Å². The molecule has 130 valence electrons. The van der Waals surface area contributed by atoms with Crippen LogP contribution >= 0.6 is 0 Å². The highest BCUT2D eigenvalue weighted by molar-refractivity contribution is 6.74. The fourth-order valence-electron chi connectivity index (χ4n) is 2.90. The van der Waals surface area contributed by atoms with Gasteiger partial charge in [0.15, 0.2) is 8.32 Å². The average Bonchev–Trinajstić information content (AvgIpc) is 2.49. The van der Waals surface area contributed by atoms with Crippen LogP contribution in [0, 0.1) is 18.3 Å². The first-order chi connectivity index (χ1) is 11.1. The van der Waals surface area contributed by atoms with Crippen LogP contribution < -0.4 is 0 Å². The van der Waals surface area contributed by atoms with Crippen molar-refractivity contribution < 1.29 is 9.22 Å². The number of hydrogen-bond donors (Lipinski definition) is 0. The maximum atomic E-state index is 12.7. The molecule has 0 spiro atoms. The summed E-state index contributed by atoms with van der Waals surface area (Å²) in [5.41, 5.74) is 1.10. The second-order valence-electron chi connectivity index (χ2n) is 8.17. The Balaban J connectivity index is 2.07. The van der Waals surface area contributed by atoms with Gasteiger partial charge in [-0.3, -0.25) is 4.79 Å². The SMILES string of the molecule is C#C[C@@H]1[C@@H]([C@@H](C)O[Si](C)(C)C(C)(C)C)C(=O)N1Cc1ccccc1. The largest absolute Gasteiger partial charge is 0.413 e. The molecule has 1 amide bonds. The summed E-state index contributed by atoms with van der Waals surface area (Å²) in [6.45, 7) is 13.6. The van der Waals surface area contributed by atoms with Crippen molar-refractivity contribution in [3.8, 4) is 12.3 Å². The van der Waals surface area contributed by atoms with Crippen LogP contribution in [0.5, 0.6) is 0 Å². The fourth-order valence-corrected chi connectivity index (χ4v) is 4.33. The van der Waals surface area contributed by atoms with Gasteiger partial charge in [0.25, 0.3) is 0 Å². The number of carbonyl (C=O) groups is 1. The molecule has 0 radical (unpaired) electrons. The number of rotatable bonds is 5. The van der Waals surface area contributed by atoms with E-state index in [4.69, 9.17) is 10.8 Å². The van der Waals surface area contributed by atoms with Gasteiger partial charge in [-0.05, 0) is 30.6 Å². The zero-order valence-electron chi connectivity index (χ0n) is 15.7. The Hall–Kier alpha value is -1.57. The highest BCUT2D eigenvalue weighted by Gasteiger charge is 2.51. The summed E-state index contributed by atoms with van der Waals surface area (Å²) in [5, 5.41) is 0.115. The number of carbonyl (C=O) groups excluding carboxylic acids is 1. The van der Waals surface area contributed by atoms with E-state index in [0.717, 1.165) is 5.56 Å². The van der Waals surface area contributed by atoms with Crippen molar-refractivity contribution in [1.82, 2.24) is 4.90 Å². The van der Waals surface area contributed by atoms with E-state index in [1.165, 1.54) is 0 Å². The Bertz CT molecular complexity index is 627. The standard InChI is InChI=1S/C20H29NO2Si/c1-8-17-18(15(2)23-24(6,7)20(3,4)5)19(22)21(17)14-16-12-10-9-11-13-16/h1,9-13,15,17-18H,14H2,2-7H3/t15-,17-,18-/m1/s1. The van der Waals surface area contributed by atoms with Crippen molar-refractivity contribution in [3.63, 3.8) is 0 Å². The molecular weight excluding hydrogens is 314 g/mol. The summed E-state index contributed by atoms with van der Waals surface area (Å²) in [4.78, 5) is 14.5. The second kappa shape index (κ2) is 6.74. The molecule has 24 heavy (non-hydrogen) atoms. The maximum absolute atomic E-state index is 12.7. The molecule has 3 atom stereocenters. The summed E-state index contributed by atoms with van der Waals surface area (Å²) in [5.74, 6) is 2.67. The van der Waals surface area contributed by atoms with Crippen LogP contribution in [-0.2, 0) is 15.8 Å². The summed E-state index contributed by atoms with van der Waals surface area (Å²) in [7, 11) is -1.92. The maximum Gasteiger partial charge on any atom is 0.232 e. The number of terminal acetylenes is 1. The van der Waals surface area contributed by atoms with Gasteiger partial charge in [0.2, 0.25) is 5.91 Å². The van der Waals surface area contributed by atoms with E-state index in [9.17, 15) is 4.79 Å². The second-order valence-corrected chi connectivity index (χ2v) is 12.9. The molecule has 0 saturated carbocycles. The predicted molar refractivity (Wildman–Crippen MR) is 101 cm³/mol. The Morgan fingerprint density at radius 2 is 1.88 bits per heavy atom. The lowest BCUT2D eigenvalue weighted by Gasteiger charge is -2.49. The highest BCUT2D eigenvalue weighted by atomic mass is 28.4. The first-order valence-electron chi connectivity index (χ1n) is 8.57. The zero-order chi connectivity index (χ0) is 18.1. The van der Waals surface area contributed by atoms with Gasteiger partial charge in [-0.15, -0.1) is 6.42 Å². The third kappa shape index (κ3) is 3.58. The lowest BCUT2D eigenvalue weighted by molar-refractivity contribution is -0.159. The molecule has 1 heterocycles. The van der Waals surface area contributed by atoms with Gasteiger partial charge in [-0.25, -0.2) is 0 Å². The Kier molecular flexibility index (Phi) is 5.27. The molecule has 3 nitrogen and oxygen atoms in total. The number of hydrogen-bond acceptors (Lipinski definition) is 2. The van der Waals surface area contributed by atoms with E-state index >= 15 is 0 Å². The average molecular weight is 344 g/mol. The van der Waals surface area contributed by atoms with E-state index in [1.807, 2.05) is 37.3 Å². The third-order valence-corrected chi connectivity index (χ3v) is 9.98. The Labute approximate surface area is 147 Å². The van der Waals surface area contributed by atoms with Crippen molar-refractivity contribution in [2.45, 2.75) is 64.5 Å². The van der Waals surface area contributed by atoms with E-state index in [0.29, 0.717) is 6.54 Å². The predicted octanol–water partition coefficient (Wildman–Crippen LogP) is 4.06. The molecule has 1 aliphatic rings. The van der Waals surface area contributed by atoms with E-state index in [1.54, 1.807) is 4.90 Å². The van der Waals surface area contributed by atoms with E-state index < -0.39 is 8.32 Å². The van der Waals surface area contributed by atoms with Crippen LogP contribution in [0.15, 0.2) is 30.3 Å². The van der Waals surface area contributed by atoms with Crippen molar-refractivity contribution in [2.24, 2.45) is 5.92 Å². The number of nitrogens with zero attached hydrogens (tertiary/aromatic N) is 1. The van der Waals surface area contributed by atoms with Crippen LogP contribution in [0.3, 0.4) is 0 Å². The minimum atomic E-state index is -1.92. The molecule has 4 heteroatoms. The Morgan fingerprint density at radius 3 is 2.38 bits per heavy atom. The lowest BCUT2D eigenvalue weighted by atomic mass is 9.83. The van der Waals surface area contributed by atoms with Crippen molar-refractivity contribution in [3.05, 3.63) is 35.9 Å². The van der Waals surface area contributed by atoms with Crippen LogP contribution in [-0.4, -0.2) is 31.3 Å². The molecular formula is C20H29NO2Si. The van der Waals surface area contributed by atoms with E-state index in [-0.39, 0.29) is 29.0 Å². The van der Waals surface area contributed by atoms with Gasteiger partial charge in [0.1, 0.15) is 6.04 Å². The molecule has 2 rings (SSSR count). The van der Waals surface area contributed by atoms with Gasteiger partial charge < -0.3 is 9.33 Å². The smallest absolute Gasteiger partial charge is 0.232 e. The van der Waals surface area contributed by atoms with Gasteiger partial charge in [0.05, 0.1) is 12.0 Å². The monoisotopic (exact) mass is 343 g/mol. The molecule has 1 saturated heterocycles. The quantitative estimate of drug-likeness (QED) is 0.458. The summed E-state index contributed by atoms with van der Waals surface area (Å²) in [6, 6.07) is 9.78. The molecule has 1 aliphatic heterocycles. The Morgan fingerprint density at radius 1 is 1.29 bits per heavy atom. The summed E-state index contributed by atoms with van der Waals surface area (Å²) in [6.07, 6.45) is 5.58. The van der Waals surface area contributed by atoms with Crippen molar-refractivity contribution in [1.29, 1.82) is 0 Å². The van der Waals surface area contributed by atoms with Gasteiger partial charge >= 0.3 is 0 Å². The topological polar surface area (TPSA) is 29.5 Å². The van der Waals surface area contributed by atoms with E-state index in [2.05, 4.69) is 39.8 Å².